The van der Waals surface area contributed by atoms with Gasteiger partial charge in [0.2, 0.25) is 0 Å². The molecule has 1 heterocycles. The van der Waals surface area contributed by atoms with Crippen LogP contribution < -0.4 is 16.4 Å². The van der Waals surface area contributed by atoms with Gasteiger partial charge >= 0.3 is 0 Å². The molecule has 2 unspecified atom stereocenters. The van der Waals surface area contributed by atoms with Gasteiger partial charge in [0.15, 0.2) is 5.69 Å². The Morgan fingerprint density at radius 3 is 2.34 bits per heavy atom. The zero-order chi connectivity index (χ0) is 23.1. The van der Waals surface area contributed by atoms with Crippen LogP contribution in [0.4, 0.5) is 10.2 Å². The number of benzene rings is 2. The van der Waals surface area contributed by atoms with E-state index in [2.05, 4.69) is 20.8 Å². The molecule has 32 heavy (non-hydrogen) atoms. The topological polar surface area (TPSA) is 113 Å². The van der Waals surface area contributed by atoms with Crippen molar-refractivity contribution in [3.8, 4) is 0 Å². The smallest absolute Gasteiger partial charge is 0.272 e. The number of rotatable bonds is 9. The minimum Gasteiger partial charge on any atom is -0.377 e. The molecule has 8 heteroatoms. The minimum atomic E-state index is -1.22. The second-order valence-corrected chi connectivity index (χ2v) is 8.31. The van der Waals surface area contributed by atoms with Crippen molar-refractivity contribution in [1.29, 1.82) is 0 Å². The molecule has 1 amide bonds. The molecule has 7 nitrogen and oxygen atoms in total. The van der Waals surface area contributed by atoms with E-state index in [0.29, 0.717) is 18.8 Å². The van der Waals surface area contributed by atoms with Gasteiger partial charge in [-0.3, -0.25) is 4.79 Å². The molecule has 0 aliphatic carbocycles. The Morgan fingerprint density at radius 1 is 1.06 bits per heavy atom. The van der Waals surface area contributed by atoms with Crippen molar-refractivity contribution in [3.63, 3.8) is 0 Å². The number of nitrogens with two attached hydrogens (primary N) is 1. The van der Waals surface area contributed by atoms with Crippen LogP contribution in [0.2, 0.25) is 0 Å². The predicted molar refractivity (Wildman–Crippen MR) is 122 cm³/mol. The van der Waals surface area contributed by atoms with E-state index in [4.69, 9.17) is 5.73 Å². The number of carbonyl (C=O) groups is 1. The zero-order valence-electron chi connectivity index (χ0n) is 18.1. The summed E-state index contributed by atoms with van der Waals surface area (Å²) in [4.78, 5) is 12.6. The van der Waals surface area contributed by atoms with Gasteiger partial charge < -0.3 is 21.5 Å². The van der Waals surface area contributed by atoms with Crippen molar-refractivity contribution in [2.45, 2.75) is 38.0 Å². The van der Waals surface area contributed by atoms with Gasteiger partial charge in [0.25, 0.3) is 5.91 Å². The Kier molecular flexibility index (Phi) is 7.50. The van der Waals surface area contributed by atoms with Gasteiger partial charge in [0.1, 0.15) is 17.9 Å². The molecule has 2 aromatic carbocycles. The van der Waals surface area contributed by atoms with Crippen LogP contribution in [0.1, 0.15) is 35.5 Å². The van der Waals surface area contributed by atoms with E-state index in [1.54, 1.807) is 24.3 Å². The number of hydrogen-bond acceptors (Lipinski definition) is 6. The number of amides is 1. The zero-order valence-corrected chi connectivity index (χ0v) is 18.1. The molecular formula is C24H28FN5O2. The molecule has 0 spiro atoms. The van der Waals surface area contributed by atoms with Crippen LogP contribution in [0.5, 0.6) is 0 Å². The van der Waals surface area contributed by atoms with Crippen molar-refractivity contribution >= 4 is 11.7 Å². The predicted octanol–water partition coefficient (Wildman–Crippen LogP) is 2.62. The van der Waals surface area contributed by atoms with E-state index in [1.807, 2.05) is 44.2 Å². The Labute approximate surface area is 186 Å². The number of aliphatic hydroxyl groups is 1. The number of halogens is 1. The van der Waals surface area contributed by atoms with Crippen LogP contribution in [0.3, 0.4) is 0 Å². The molecule has 3 rings (SSSR count). The van der Waals surface area contributed by atoms with Crippen LogP contribution in [0.25, 0.3) is 0 Å². The molecule has 0 saturated heterocycles. The number of hydrogen-bond donors (Lipinski definition) is 4. The Bertz CT molecular complexity index is 1010. The Morgan fingerprint density at radius 2 is 1.75 bits per heavy atom. The maximum Gasteiger partial charge on any atom is 0.272 e. The molecule has 168 valence electrons. The van der Waals surface area contributed by atoms with Gasteiger partial charge in [-0.1, -0.05) is 56.3 Å². The van der Waals surface area contributed by atoms with E-state index in [0.717, 1.165) is 11.1 Å². The van der Waals surface area contributed by atoms with Crippen LogP contribution in [-0.2, 0) is 11.8 Å². The maximum absolute atomic E-state index is 13.2. The second-order valence-electron chi connectivity index (χ2n) is 8.31. The third-order valence-corrected chi connectivity index (χ3v) is 5.26. The van der Waals surface area contributed by atoms with E-state index >= 15 is 0 Å². The van der Waals surface area contributed by atoms with Crippen LogP contribution in [-0.4, -0.2) is 40.0 Å². The number of carbonyl (C=O) groups excluding carboxylic acids is 1. The lowest BCUT2D eigenvalue weighted by Crippen LogP contribution is -2.49. The molecule has 0 bridgehead atoms. The molecule has 0 radical (unpaired) electrons. The summed E-state index contributed by atoms with van der Waals surface area (Å²) in [5.41, 5.74) is 7.42. The van der Waals surface area contributed by atoms with Gasteiger partial charge in [0, 0.05) is 12.0 Å². The minimum absolute atomic E-state index is 0.118. The second kappa shape index (κ2) is 10.3. The Hall–Kier alpha value is -3.36. The van der Waals surface area contributed by atoms with E-state index < -0.39 is 18.2 Å². The SMILES string of the molecule is CC(C)(CNc1ccc(C(=O)NC(Cc2ccccc2)C(N)O)nn1)c1ccc(F)cc1. The molecule has 0 aliphatic heterocycles. The number of aromatic nitrogens is 2. The average Bonchev–Trinajstić information content (AvgIpc) is 2.78. The summed E-state index contributed by atoms with van der Waals surface area (Å²) < 4.78 is 13.2. The standard InChI is InChI=1S/C24H28FN5O2/c1-24(2,17-8-10-18(25)11-9-17)15-27-21-13-12-19(29-30-21)23(32)28-20(22(26)31)14-16-6-4-3-5-7-16/h3-13,20,22,31H,14-15,26H2,1-2H3,(H,27,30)(H,28,32). The highest BCUT2D eigenvalue weighted by Gasteiger charge is 2.22. The summed E-state index contributed by atoms with van der Waals surface area (Å²) in [5.74, 6) is -0.233. The number of aliphatic hydroxyl groups excluding tert-OH is 1. The van der Waals surface area contributed by atoms with Crippen LogP contribution in [0.15, 0.2) is 66.7 Å². The van der Waals surface area contributed by atoms with E-state index in [-0.39, 0.29) is 16.9 Å². The van der Waals surface area contributed by atoms with Gasteiger partial charge in [-0.05, 0) is 41.8 Å². The fourth-order valence-electron chi connectivity index (χ4n) is 3.23. The number of nitrogens with zero attached hydrogens (tertiary/aromatic N) is 2. The van der Waals surface area contributed by atoms with Crippen molar-refractivity contribution in [2.75, 3.05) is 11.9 Å². The molecular weight excluding hydrogens is 409 g/mol. The fourth-order valence-corrected chi connectivity index (χ4v) is 3.23. The first kappa shape index (κ1) is 23.3. The van der Waals surface area contributed by atoms with E-state index in [9.17, 15) is 14.3 Å². The van der Waals surface area contributed by atoms with Crippen LogP contribution >= 0.6 is 0 Å². The highest BCUT2D eigenvalue weighted by Crippen LogP contribution is 2.23. The third kappa shape index (κ3) is 6.32. The fraction of sp³-hybridized carbons (Fsp3) is 0.292. The molecule has 0 saturated carbocycles. The number of anilines is 1. The van der Waals surface area contributed by atoms with Gasteiger partial charge in [0.05, 0.1) is 6.04 Å². The lowest BCUT2D eigenvalue weighted by Gasteiger charge is -2.26. The molecule has 0 fully saturated rings. The summed E-state index contributed by atoms with van der Waals surface area (Å²) in [6.07, 6.45) is -0.836. The Balaban J connectivity index is 1.59. The first-order valence-electron chi connectivity index (χ1n) is 10.4. The molecule has 0 aliphatic rings. The molecule has 3 aromatic rings. The van der Waals surface area contributed by atoms with Crippen LogP contribution in [0, 0.1) is 5.82 Å². The average molecular weight is 438 g/mol. The first-order valence-corrected chi connectivity index (χ1v) is 10.4. The first-order chi connectivity index (χ1) is 15.2. The van der Waals surface area contributed by atoms with Crippen molar-refractivity contribution < 1.29 is 14.3 Å². The molecule has 1 aromatic heterocycles. The summed E-state index contributed by atoms with van der Waals surface area (Å²) in [5, 5.41) is 23.8. The largest absolute Gasteiger partial charge is 0.377 e. The highest BCUT2D eigenvalue weighted by molar-refractivity contribution is 5.92. The summed E-state index contributed by atoms with van der Waals surface area (Å²) >= 11 is 0. The lowest BCUT2D eigenvalue weighted by molar-refractivity contribution is 0.0837. The highest BCUT2D eigenvalue weighted by atomic mass is 19.1. The number of nitrogens with one attached hydrogen (secondary N) is 2. The van der Waals surface area contributed by atoms with Crippen molar-refractivity contribution in [2.24, 2.45) is 5.73 Å². The van der Waals surface area contributed by atoms with Gasteiger partial charge in [-0.2, -0.15) is 0 Å². The van der Waals surface area contributed by atoms with Gasteiger partial charge in [-0.25, -0.2) is 4.39 Å². The van der Waals surface area contributed by atoms with E-state index in [1.165, 1.54) is 12.1 Å². The third-order valence-electron chi connectivity index (χ3n) is 5.26. The summed E-state index contributed by atoms with van der Waals surface area (Å²) in [6, 6.07) is 18.4. The molecule has 2 atom stereocenters. The monoisotopic (exact) mass is 437 g/mol. The lowest BCUT2D eigenvalue weighted by atomic mass is 9.84. The summed E-state index contributed by atoms with van der Waals surface area (Å²) in [7, 11) is 0. The normalized spacial score (nSPS) is 13.3. The molecule has 5 N–H and O–H groups in total. The quantitative estimate of drug-likeness (QED) is 0.383. The maximum atomic E-state index is 13.2. The van der Waals surface area contributed by atoms with Crippen molar-refractivity contribution in [3.05, 3.63) is 89.4 Å². The van der Waals surface area contributed by atoms with Crippen molar-refractivity contribution in [1.82, 2.24) is 15.5 Å². The van der Waals surface area contributed by atoms with Gasteiger partial charge in [-0.15, -0.1) is 10.2 Å². The summed E-state index contributed by atoms with van der Waals surface area (Å²) in [6.45, 7) is 4.61.